The van der Waals surface area contributed by atoms with Crippen molar-refractivity contribution in [2.45, 2.75) is 12.2 Å². The van der Waals surface area contributed by atoms with Gasteiger partial charge in [0.05, 0.1) is 16.6 Å². The first-order valence-corrected chi connectivity index (χ1v) is 11.2. The molecule has 0 spiro atoms. The molecule has 3 aromatic rings. The Morgan fingerprint density at radius 1 is 1.09 bits per heavy atom. The summed E-state index contributed by atoms with van der Waals surface area (Å²) in [6.45, 7) is 4.51. The smallest absolute Gasteiger partial charge is 0.234 e. The maximum atomic E-state index is 14.7. The maximum absolute atomic E-state index is 14.7. The van der Waals surface area contributed by atoms with Crippen LogP contribution in [0.4, 0.5) is 15.9 Å². The minimum Gasteiger partial charge on any atom is -0.412 e. The number of benzene rings is 2. The fourth-order valence-electron chi connectivity index (χ4n) is 4.38. The second-order valence-corrected chi connectivity index (χ2v) is 8.68. The van der Waals surface area contributed by atoms with Crippen LogP contribution in [0.3, 0.4) is 0 Å². The fourth-order valence-corrected chi connectivity index (χ4v) is 5.18. The number of rotatable bonds is 6. The van der Waals surface area contributed by atoms with Gasteiger partial charge in [0.1, 0.15) is 11.6 Å². The molecule has 10 heteroatoms. The molecule has 7 nitrogen and oxygen atoms in total. The highest BCUT2D eigenvalue weighted by Gasteiger charge is 2.37. The van der Waals surface area contributed by atoms with Crippen molar-refractivity contribution in [1.29, 1.82) is 0 Å². The first-order chi connectivity index (χ1) is 15.1. The summed E-state index contributed by atoms with van der Waals surface area (Å²) in [6.07, 6.45) is 2.21. The Morgan fingerprint density at radius 2 is 1.82 bits per heavy atom. The van der Waals surface area contributed by atoms with E-state index in [4.69, 9.17) is 9.47 Å². The molecular weight excluding hydrogens is 467 g/mol. The summed E-state index contributed by atoms with van der Waals surface area (Å²) in [5, 5.41) is 1.23. The Bertz CT molecular complexity index is 1130. The van der Waals surface area contributed by atoms with Crippen molar-refractivity contribution in [1.82, 2.24) is 9.27 Å². The van der Waals surface area contributed by atoms with E-state index in [1.807, 2.05) is 6.07 Å². The number of hydrogen-bond donors (Lipinski definition) is 0. The number of halogens is 2. The molecule has 1 saturated heterocycles. The number of anilines is 1. The van der Waals surface area contributed by atoms with Crippen molar-refractivity contribution in [2.75, 3.05) is 51.8 Å². The molecular formula is C23H28ClFN4O3S. The lowest BCUT2D eigenvalue weighted by Crippen LogP contribution is -2.47. The highest BCUT2D eigenvalue weighted by Crippen LogP contribution is 2.39. The van der Waals surface area contributed by atoms with Crippen LogP contribution in [0.2, 0.25) is 0 Å². The van der Waals surface area contributed by atoms with E-state index in [0.717, 1.165) is 44.1 Å². The van der Waals surface area contributed by atoms with Gasteiger partial charge in [-0.05, 0) is 41.7 Å². The number of hydrogen-bond acceptors (Lipinski definition) is 7. The van der Waals surface area contributed by atoms with Gasteiger partial charge in [-0.1, -0.05) is 12.1 Å². The molecule has 2 aliphatic rings. The van der Waals surface area contributed by atoms with Crippen LogP contribution in [0.25, 0.3) is 10.1 Å². The van der Waals surface area contributed by atoms with E-state index in [2.05, 4.69) is 43.4 Å². The second-order valence-electron chi connectivity index (χ2n) is 7.88. The summed E-state index contributed by atoms with van der Waals surface area (Å²) in [5.74, 6) is -0.174. The summed E-state index contributed by atoms with van der Waals surface area (Å²) < 4.78 is 31.6. The summed E-state index contributed by atoms with van der Waals surface area (Å²) in [4.78, 5) is 9.00. The first kappa shape index (κ1) is 25.5. The van der Waals surface area contributed by atoms with Gasteiger partial charge < -0.3 is 19.8 Å². The minimum absolute atomic E-state index is 0. The lowest BCUT2D eigenvalue weighted by Gasteiger charge is -2.35. The van der Waals surface area contributed by atoms with E-state index in [9.17, 15) is 4.39 Å². The Hall–Kier alpha value is -2.14. The van der Waals surface area contributed by atoms with Crippen LogP contribution in [-0.2, 0) is 21.7 Å². The fraction of sp³-hybridized carbons (Fsp3) is 0.391. The molecule has 5 rings (SSSR count). The largest absolute Gasteiger partial charge is 0.412 e. The normalized spacial score (nSPS) is 17.0. The lowest BCUT2D eigenvalue weighted by atomic mass is 10.0. The third-order valence-corrected chi connectivity index (χ3v) is 7.06. The highest BCUT2D eigenvalue weighted by atomic mass is 35.5. The van der Waals surface area contributed by atoms with Gasteiger partial charge in [-0.3, -0.25) is 9.89 Å². The van der Waals surface area contributed by atoms with E-state index in [0.29, 0.717) is 17.7 Å². The first-order valence-electron chi connectivity index (χ1n) is 10.4. The Balaban J connectivity index is 0.00000153. The van der Waals surface area contributed by atoms with Gasteiger partial charge in [-0.15, -0.1) is 12.4 Å². The molecule has 0 amide bonds. The number of aromatic nitrogens is 1. The van der Waals surface area contributed by atoms with E-state index in [-0.39, 0.29) is 23.7 Å². The van der Waals surface area contributed by atoms with Crippen molar-refractivity contribution in [3.63, 3.8) is 0 Å². The standard InChI is InChI=1S/C23H25FN4O2S.ClH.H2O/c1-29-23(30-2)15-25-20-14-19(24)16(13-18(20)23)7-8-27-9-11-28(12-10-27)22-17-5-3-4-6-21(17)31-26-22;;/h3-6,13-15H,7-12H2,1-2H3;1H;1H2. The molecule has 1 fully saturated rings. The average Bonchev–Trinajstić information content (AvgIpc) is 3.39. The Labute approximate surface area is 202 Å². The van der Waals surface area contributed by atoms with E-state index < -0.39 is 5.79 Å². The Kier molecular flexibility index (Phi) is 8.04. The predicted molar refractivity (Wildman–Crippen MR) is 133 cm³/mol. The highest BCUT2D eigenvalue weighted by molar-refractivity contribution is 7.13. The van der Waals surface area contributed by atoms with Crippen molar-refractivity contribution < 1.29 is 19.3 Å². The molecule has 0 saturated carbocycles. The van der Waals surface area contributed by atoms with Crippen molar-refractivity contribution in [3.05, 3.63) is 53.3 Å². The van der Waals surface area contributed by atoms with Gasteiger partial charge in [0.25, 0.3) is 0 Å². The number of aliphatic imine (C=N–C) groups is 1. The van der Waals surface area contributed by atoms with Crippen LogP contribution in [0, 0.1) is 5.82 Å². The summed E-state index contributed by atoms with van der Waals surface area (Å²) >= 11 is 1.55. The molecule has 2 aromatic carbocycles. The molecule has 2 aliphatic heterocycles. The number of ether oxygens (including phenoxy) is 2. The monoisotopic (exact) mass is 494 g/mol. The minimum atomic E-state index is -1.03. The molecule has 2 N–H and O–H groups in total. The van der Waals surface area contributed by atoms with Crippen LogP contribution >= 0.6 is 23.9 Å². The third-order valence-electron chi connectivity index (χ3n) is 6.25. The predicted octanol–water partition coefficient (Wildman–Crippen LogP) is 3.56. The number of fused-ring (bicyclic) bond motifs is 2. The van der Waals surface area contributed by atoms with Gasteiger partial charge in [0, 0.05) is 64.0 Å². The number of nitrogens with zero attached hydrogens (tertiary/aromatic N) is 4. The quantitative estimate of drug-likeness (QED) is 0.489. The van der Waals surface area contributed by atoms with Crippen molar-refractivity contribution in [2.24, 2.45) is 4.99 Å². The summed E-state index contributed by atoms with van der Waals surface area (Å²) in [6, 6.07) is 11.7. The van der Waals surface area contributed by atoms with Crippen LogP contribution in [0.15, 0.2) is 41.4 Å². The van der Waals surface area contributed by atoms with E-state index in [1.165, 1.54) is 16.2 Å². The van der Waals surface area contributed by atoms with E-state index >= 15 is 0 Å². The van der Waals surface area contributed by atoms with Crippen LogP contribution in [-0.4, -0.2) is 67.9 Å². The average molecular weight is 495 g/mol. The molecule has 0 aliphatic carbocycles. The van der Waals surface area contributed by atoms with Gasteiger partial charge >= 0.3 is 0 Å². The second kappa shape index (κ2) is 10.4. The SMILES string of the molecule is COC1(OC)C=Nc2cc(F)c(CCN3CCN(c4nsc5ccccc45)CC3)cc21.Cl.O. The summed E-state index contributed by atoms with van der Waals surface area (Å²) in [5.41, 5.74) is 1.99. The van der Waals surface area contributed by atoms with Crippen LogP contribution < -0.4 is 4.90 Å². The molecule has 3 heterocycles. The molecule has 0 radical (unpaired) electrons. The molecule has 0 unspecified atom stereocenters. The molecule has 33 heavy (non-hydrogen) atoms. The maximum Gasteiger partial charge on any atom is 0.234 e. The van der Waals surface area contributed by atoms with Gasteiger partial charge in [0.15, 0.2) is 0 Å². The number of piperazine rings is 1. The third kappa shape index (κ3) is 4.62. The van der Waals surface area contributed by atoms with Crippen LogP contribution in [0.5, 0.6) is 0 Å². The molecule has 178 valence electrons. The number of methoxy groups -OCH3 is 2. The van der Waals surface area contributed by atoms with Crippen molar-refractivity contribution >= 4 is 51.7 Å². The van der Waals surface area contributed by atoms with E-state index in [1.54, 1.807) is 32.0 Å². The van der Waals surface area contributed by atoms with Gasteiger partial charge in [-0.25, -0.2) is 4.39 Å². The zero-order valence-corrected chi connectivity index (χ0v) is 20.2. The van der Waals surface area contributed by atoms with Gasteiger partial charge in [-0.2, -0.15) is 4.37 Å². The molecule has 1 aromatic heterocycles. The van der Waals surface area contributed by atoms with Gasteiger partial charge in [0.2, 0.25) is 5.79 Å². The zero-order chi connectivity index (χ0) is 21.4. The Morgan fingerprint density at radius 3 is 2.55 bits per heavy atom. The molecule has 0 bridgehead atoms. The van der Waals surface area contributed by atoms with Crippen molar-refractivity contribution in [3.8, 4) is 0 Å². The summed E-state index contributed by atoms with van der Waals surface area (Å²) in [7, 11) is 3.14. The zero-order valence-electron chi connectivity index (χ0n) is 18.6. The lowest BCUT2D eigenvalue weighted by molar-refractivity contribution is -0.154. The molecule has 0 atom stereocenters. The topological polar surface area (TPSA) is 81.7 Å². The van der Waals surface area contributed by atoms with Crippen LogP contribution in [0.1, 0.15) is 11.1 Å².